The normalized spacial score (nSPS) is 20.2. The van der Waals surface area contributed by atoms with Crippen LogP contribution in [0, 0.1) is 36.9 Å². The van der Waals surface area contributed by atoms with Crippen molar-refractivity contribution >= 4 is 23.3 Å². The van der Waals surface area contributed by atoms with E-state index in [2.05, 4.69) is 9.98 Å². The molecule has 46 heavy (non-hydrogen) atoms. The molecule has 0 spiro atoms. The molecule has 3 heterocycles. The van der Waals surface area contributed by atoms with Gasteiger partial charge in [-0.1, -0.05) is 0 Å². The Hall–Kier alpha value is -4.76. The summed E-state index contributed by atoms with van der Waals surface area (Å²) in [4.78, 5) is 35.2. The standard InChI is InChI=1S/C34H35F3N6O3/c1-17-11-22(32(40)44)12-18(2)29(17)21-14-25(35)24(16-38)26(15-21)43-9-7-20(13-19(43)3)33(45)42-31(39)23-5-6-28(34(4,36)37)41-30(23)27-8-10-46-27/h5-6,11-12,14-15,19-20,27H,7-10,13H2,1-4H3,(H2,40,44)(H2,39,42,45). The maximum atomic E-state index is 15.4. The SMILES string of the molecule is Cc1cc(C(N)=O)cc(C)c1-c1cc(F)c(C#N)c(N2CCC(C(=O)N=C(N)c3ccc(C(C)(F)F)nc3C3CCO3)CC2C)c1. The first-order valence-corrected chi connectivity index (χ1v) is 15.0. The van der Waals surface area contributed by atoms with Gasteiger partial charge in [0.25, 0.3) is 11.8 Å². The second-order valence-corrected chi connectivity index (χ2v) is 12.1. The minimum atomic E-state index is -3.16. The third-order valence-electron chi connectivity index (χ3n) is 8.71. The maximum absolute atomic E-state index is 15.4. The fraction of sp³-hybridized carbons (Fsp3) is 0.382. The number of aromatic nitrogens is 1. The highest BCUT2D eigenvalue weighted by atomic mass is 19.3. The van der Waals surface area contributed by atoms with E-state index in [4.69, 9.17) is 16.2 Å². The summed E-state index contributed by atoms with van der Waals surface area (Å²) in [5.41, 5.74) is 15.2. The van der Waals surface area contributed by atoms with E-state index in [1.165, 1.54) is 18.2 Å². The molecule has 1 aromatic heterocycles. The Morgan fingerprint density at radius 3 is 2.35 bits per heavy atom. The number of nitrogens with two attached hydrogens (primary N) is 2. The van der Waals surface area contributed by atoms with Crippen LogP contribution in [-0.4, -0.2) is 41.8 Å². The van der Waals surface area contributed by atoms with Crippen molar-refractivity contribution in [2.75, 3.05) is 18.1 Å². The first-order chi connectivity index (χ1) is 21.7. The number of ether oxygens (including phenoxy) is 1. The van der Waals surface area contributed by atoms with Crippen molar-refractivity contribution in [1.82, 2.24) is 4.98 Å². The molecule has 2 aliphatic heterocycles. The van der Waals surface area contributed by atoms with Crippen LogP contribution in [0.15, 0.2) is 41.4 Å². The van der Waals surface area contributed by atoms with Crippen LogP contribution in [0.25, 0.3) is 11.1 Å². The fourth-order valence-corrected chi connectivity index (χ4v) is 6.29. The van der Waals surface area contributed by atoms with Gasteiger partial charge < -0.3 is 21.1 Å². The topological polar surface area (TPSA) is 148 Å². The predicted molar refractivity (Wildman–Crippen MR) is 167 cm³/mol. The molecule has 0 aliphatic carbocycles. The maximum Gasteiger partial charge on any atom is 0.286 e. The molecular weight excluding hydrogens is 597 g/mol. The molecule has 2 aliphatic rings. The largest absolute Gasteiger partial charge is 0.383 e. The van der Waals surface area contributed by atoms with Gasteiger partial charge in [-0.2, -0.15) is 19.0 Å². The van der Waals surface area contributed by atoms with Crippen LogP contribution >= 0.6 is 0 Å². The summed E-state index contributed by atoms with van der Waals surface area (Å²) in [7, 11) is 0. The van der Waals surface area contributed by atoms with Gasteiger partial charge in [0.1, 0.15) is 35.1 Å². The smallest absolute Gasteiger partial charge is 0.286 e. The molecule has 0 bridgehead atoms. The number of piperidine rings is 1. The number of rotatable bonds is 7. The lowest BCUT2D eigenvalue weighted by Gasteiger charge is -2.39. The number of hydrogen-bond donors (Lipinski definition) is 2. The van der Waals surface area contributed by atoms with E-state index in [-0.39, 0.29) is 28.7 Å². The molecule has 3 atom stereocenters. The van der Waals surface area contributed by atoms with Crippen molar-refractivity contribution in [1.29, 1.82) is 5.26 Å². The van der Waals surface area contributed by atoms with Crippen molar-refractivity contribution in [2.45, 2.75) is 65.0 Å². The predicted octanol–water partition coefficient (Wildman–Crippen LogP) is 5.59. The van der Waals surface area contributed by atoms with Gasteiger partial charge in [0.15, 0.2) is 0 Å². The molecule has 2 amide bonds. The average molecular weight is 633 g/mol. The quantitative estimate of drug-likeness (QED) is 0.255. The molecule has 3 aromatic rings. The van der Waals surface area contributed by atoms with E-state index in [9.17, 15) is 23.6 Å². The Kier molecular flexibility index (Phi) is 8.91. The molecule has 2 saturated heterocycles. The number of halogens is 3. The van der Waals surface area contributed by atoms with Crippen molar-refractivity contribution in [2.24, 2.45) is 22.4 Å². The first-order valence-electron chi connectivity index (χ1n) is 15.0. The Morgan fingerprint density at radius 2 is 1.80 bits per heavy atom. The highest BCUT2D eigenvalue weighted by Crippen LogP contribution is 2.38. The molecule has 5 rings (SSSR count). The van der Waals surface area contributed by atoms with E-state index >= 15 is 4.39 Å². The van der Waals surface area contributed by atoms with Gasteiger partial charge in [-0.3, -0.25) is 9.59 Å². The van der Waals surface area contributed by atoms with Crippen molar-refractivity contribution in [3.05, 3.63) is 81.4 Å². The molecule has 3 unspecified atom stereocenters. The Bertz CT molecular complexity index is 1770. The van der Waals surface area contributed by atoms with Crippen molar-refractivity contribution in [3.8, 4) is 17.2 Å². The van der Waals surface area contributed by atoms with Gasteiger partial charge in [-0.05, 0) is 92.3 Å². The highest BCUT2D eigenvalue weighted by Gasteiger charge is 2.34. The Labute approximate surface area is 265 Å². The van der Waals surface area contributed by atoms with Crippen LogP contribution in [0.5, 0.6) is 0 Å². The monoisotopic (exact) mass is 632 g/mol. The summed E-state index contributed by atoms with van der Waals surface area (Å²) < 4.78 is 48.8. The van der Waals surface area contributed by atoms with Crippen molar-refractivity contribution in [3.63, 3.8) is 0 Å². The number of amides is 2. The average Bonchev–Trinajstić information content (AvgIpc) is 2.95. The van der Waals surface area contributed by atoms with Crippen LogP contribution in [0.4, 0.5) is 18.9 Å². The first kappa shape index (κ1) is 32.6. The minimum absolute atomic E-state index is 0.106. The number of benzene rings is 2. The number of nitrogens with zero attached hydrogens (tertiary/aromatic N) is 4. The molecule has 12 heteroatoms. The number of pyridine rings is 1. The number of primary amides is 1. The van der Waals surface area contributed by atoms with Gasteiger partial charge in [0.2, 0.25) is 5.91 Å². The lowest BCUT2D eigenvalue weighted by molar-refractivity contribution is -0.122. The van der Waals surface area contributed by atoms with Crippen LogP contribution in [0.1, 0.15) is 83.2 Å². The number of amidine groups is 1. The zero-order chi connectivity index (χ0) is 33.5. The van der Waals surface area contributed by atoms with E-state index < -0.39 is 41.3 Å². The number of alkyl halides is 2. The van der Waals surface area contributed by atoms with E-state index in [0.717, 1.165) is 23.6 Å². The molecule has 0 saturated carbocycles. The molecular formula is C34H35F3N6O3. The second-order valence-electron chi connectivity index (χ2n) is 12.1. The summed E-state index contributed by atoms with van der Waals surface area (Å²) in [6, 6.07) is 10.6. The Morgan fingerprint density at radius 1 is 1.13 bits per heavy atom. The number of anilines is 1. The summed E-state index contributed by atoms with van der Waals surface area (Å²) in [5.74, 6) is -5.50. The second kappa shape index (κ2) is 12.6. The van der Waals surface area contributed by atoms with E-state index in [0.29, 0.717) is 49.2 Å². The molecule has 2 fully saturated rings. The third kappa shape index (κ3) is 6.33. The minimum Gasteiger partial charge on any atom is -0.383 e. The summed E-state index contributed by atoms with van der Waals surface area (Å²) in [5, 5.41) is 9.87. The molecule has 2 aromatic carbocycles. The number of nitriles is 1. The van der Waals surface area contributed by atoms with E-state index in [1.54, 1.807) is 18.2 Å². The number of aryl methyl sites for hydroxylation is 2. The van der Waals surface area contributed by atoms with Crippen LogP contribution < -0.4 is 16.4 Å². The number of aliphatic imine (C=N–C) groups is 1. The van der Waals surface area contributed by atoms with Gasteiger partial charge >= 0.3 is 0 Å². The zero-order valence-electron chi connectivity index (χ0n) is 26.0. The van der Waals surface area contributed by atoms with Crippen LogP contribution in [0.2, 0.25) is 0 Å². The van der Waals surface area contributed by atoms with Gasteiger partial charge in [0, 0.05) is 43.0 Å². The summed E-state index contributed by atoms with van der Waals surface area (Å²) >= 11 is 0. The zero-order valence-corrected chi connectivity index (χ0v) is 26.0. The lowest BCUT2D eigenvalue weighted by Crippen LogP contribution is -2.43. The highest BCUT2D eigenvalue weighted by molar-refractivity contribution is 6.05. The fourth-order valence-electron chi connectivity index (χ4n) is 6.29. The molecule has 4 N–H and O–H groups in total. The molecule has 0 radical (unpaired) electrons. The van der Waals surface area contributed by atoms with Gasteiger partial charge in [-0.15, -0.1) is 0 Å². The molecule has 9 nitrogen and oxygen atoms in total. The van der Waals surface area contributed by atoms with Gasteiger partial charge in [0.05, 0.1) is 18.0 Å². The molecule has 240 valence electrons. The van der Waals surface area contributed by atoms with E-state index in [1.807, 2.05) is 31.7 Å². The third-order valence-corrected chi connectivity index (χ3v) is 8.71. The summed E-state index contributed by atoms with van der Waals surface area (Å²) in [6.45, 7) is 7.06. The number of hydrogen-bond acceptors (Lipinski definition) is 6. The van der Waals surface area contributed by atoms with Crippen molar-refractivity contribution < 1.29 is 27.5 Å². The Balaban J connectivity index is 1.40. The summed E-state index contributed by atoms with van der Waals surface area (Å²) in [6.07, 6.45) is 0.791. The van der Waals surface area contributed by atoms with Gasteiger partial charge in [-0.25, -0.2) is 9.37 Å². The number of carbonyl (C=O) groups is 2. The van der Waals surface area contributed by atoms with Crippen LogP contribution in [0.3, 0.4) is 0 Å². The van der Waals surface area contributed by atoms with Crippen LogP contribution in [-0.2, 0) is 15.5 Å². The lowest BCUT2D eigenvalue weighted by atomic mass is 9.88. The number of carbonyl (C=O) groups excluding carboxylic acids is 2.